The van der Waals surface area contributed by atoms with Crippen LogP contribution in [0.2, 0.25) is 0 Å². The first-order chi connectivity index (χ1) is 13.3. The van der Waals surface area contributed by atoms with Crippen LogP contribution in [0.15, 0.2) is 46.6 Å². The zero-order chi connectivity index (χ0) is 20.1. The van der Waals surface area contributed by atoms with Crippen LogP contribution in [0.25, 0.3) is 32.1 Å². The van der Waals surface area contributed by atoms with Crippen LogP contribution in [0.3, 0.4) is 0 Å². The number of methoxy groups -OCH3 is 1. The first-order valence-electron chi connectivity index (χ1n) is 8.47. The number of aromatic amines is 1. The van der Waals surface area contributed by atoms with Gasteiger partial charge in [-0.05, 0) is 47.7 Å². The predicted octanol–water partition coefficient (Wildman–Crippen LogP) is 4.10. The minimum Gasteiger partial charge on any atom is -0.496 e. The van der Waals surface area contributed by atoms with E-state index >= 15 is 0 Å². The van der Waals surface area contributed by atoms with E-state index in [1.54, 1.807) is 19.2 Å². The molecule has 2 N–H and O–H groups in total. The van der Waals surface area contributed by atoms with Crippen molar-refractivity contribution in [2.45, 2.75) is 6.92 Å². The molecule has 144 valence electrons. The summed E-state index contributed by atoms with van der Waals surface area (Å²) in [5.74, 6) is 0.688. The monoisotopic (exact) mass is 414 g/mol. The number of fused-ring (bicyclic) bond motifs is 3. The lowest BCUT2D eigenvalue weighted by molar-refractivity contribution is 0.416. The number of rotatable bonds is 4. The highest BCUT2D eigenvalue weighted by molar-refractivity contribution is 7.92. The second-order valence-electron chi connectivity index (χ2n) is 6.59. The van der Waals surface area contributed by atoms with E-state index in [1.165, 1.54) is 11.3 Å². The van der Waals surface area contributed by atoms with Gasteiger partial charge in [0.15, 0.2) is 0 Å². The number of benzene rings is 2. The van der Waals surface area contributed by atoms with Crippen LogP contribution in [-0.2, 0) is 10.0 Å². The van der Waals surface area contributed by atoms with Gasteiger partial charge in [0.25, 0.3) is 5.56 Å². The third-order valence-corrected chi connectivity index (χ3v) is 6.08. The van der Waals surface area contributed by atoms with Crippen molar-refractivity contribution >= 4 is 48.0 Å². The van der Waals surface area contributed by atoms with Crippen molar-refractivity contribution in [3.05, 3.63) is 57.7 Å². The zero-order valence-corrected chi connectivity index (χ0v) is 17.1. The Balaban J connectivity index is 2.04. The Morgan fingerprint density at radius 1 is 1.14 bits per heavy atom. The second-order valence-corrected chi connectivity index (χ2v) is 9.25. The first-order valence-corrected chi connectivity index (χ1v) is 11.2. The molecular weight excluding hydrogens is 396 g/mol. The molecule has 0 spiro atoms. The number of sulfonamides is 1. The second kappa shape index (κ2) is 6.65. The normalized spacial score (nSPS) is 11.8. The first kappa shape index (κ1) is 18.5. The number of pyridine rings is 1. The molecule has 0 fully saturated rings. The quantitative estimate of drug-likeness (QED) is 0.526. The van der Waals surface area contributed by atoms with E-state index in [0.717, 1.165) is 39.2 Å². The molecule has 0 atom stereocenters. The zero-order valence-electron chi connectivity index (χ0n) is 15.5. The highest BCUT2D eigenvalue weighted by atomic mass is 32.2. The number of anilines is 1. The van der Waals surface area contributed by atoms with Crippen molar-refractivity contribution < 1.29 is 13.2 Å². The van der Waals surface area contributed by atoms with Crippen LogP contribution in [-0.4, -0.2) is 26.8 Å². The lowest BCUT2D eigenvalue weighted by atomic mass is 9.95. The van der Waals surface area contributed by atoms with E-state index in [1.807, 2.05) is 36.6 Å². The van der Waals surface area contributed by atoms with Gasteiger partial charge in [0.1, 0.15) is 10.4 Å². The number of nitrogens with one attached hydrogen (secondary N) is 2. The Morgan fingerprint density at radius 3 is 2.50 bits per heavy atom. The van der Waals surface area contributed by atoms with Crippen LogP contribution in [0, 0.1) is 6.92 Å². The molecule has 6 nitrogen and oxygen atoms in total. The van der Waals surface area contributed by atoms with Gasteiger partial charge in [0.05, 0.1) is 18.9 Å². The third-order valence-electron chi connectivity index (χ3n) is 4.56. The van der Waals surface area contributed by atoms with Gasteiger partial charge in [0, 0.05) is 22.0 Å². The Bertz CT molecular complexity index is 1370. The SMILES string of the molecule is COc1cc(C)c2[nH]c(=O)c3sccc3c2c1-c1ccc(NS(C)(=O)=O)cc1. The van der Waals surface area contributed by atoms with Crippen molar-refractivity contribution in [1.82, 2.24) is 4.98 Å². The molecule has 28 heavy (non-hydrogen) atoms. The maximum absolute atomic E-state index is 12.4. The molecule has 0 bridgehead atoms. The van der Waals surface area contributed by atoms with E-state index in [2.05, 4.69) is 9.71 Å². The van der Waals surface area contributed by atoms with Gasteiger partial charge in [-0.2, -0.15) is 0 Å². The van der Waals surface area contributed by atoms with Crippen LogP contribution >= 0.6 is 11.3 Å². The van der Waals surface area contributed by atoms with Crippen molar-refractivity contribution in [1.29, 1.82) is 0 Å². The highest BCUT2D eigenvalue weighted by Gasteiger charge is 2.18. The maximum Gasteiger partial charge on any atom is 0.266 e. The maximum atomic E-state index is 12.4. The number of thiophene rings is 1. The fraction of sp³-hybridized carbons (Fsp3) is 0.150. The third kappa shape index (κ3) is 3.14. The number of aromatic nitrogens is 1. The summed E-state index contributed by atoms with van der Waals surface area (Å²) in [6.45, 7) is 1.93. The summed E-state index contributed by atoms with van der Waals surface area (Å²) in [4.78, 5) is 15.4. The average molecular weight is 415 g/mol. The molecule has 2 heterocycles. The molecule has 0 amide bonds. The summed E-state index contributed by atoms with van der Waals surface area (Å²) in [7, 11) is -1.74. The van der Waals surface area contributed by atoms with E-state index in [-0.39, 0.29) is 5.56 Å². The Hall–Kier alpha value is -2.84. The summed E-state index contributed by atoms with van der Waals surface area (Å²) in [6, 6.07) is 10.9. The van der Waals surface area contributed by atoms with Crippen molar-refractivity contribution in [2.75, 3.05) is 18.1 Å². The fourth-order valence-electron chi connectivity index (χ4n) is 3.44. The fourth-order valence-corrected chi connectivity index (χ4v) is 4.80. The molecule has 0 saturated carbocycles. The Labute approximate surface area is 165 Å². The number of aryl methyl sites for hydroxylation is 1. The lowest BCUT2D eigenvalue weighted by Gasteiger charge is -2.16. The molecule has 0 aliphatic carbocycles. The van der Waals surface area contributed by atoms with Crippen LogP contribution in [0.4, 0.5) is 5.69 Å². The highest BCUT2D eigenvalue weighted by Crippen LogP contribution is 2.41. The Morgan fingerprint density at radius 2 is 1.86 bits per heavy atom. The molecule has 0 aliphatic heterocycles. The van der Waals surface area contributed by atoms with Gasteiger partial charge >= 0.3 is 0 Å². The van der Waals surface area contributed by atoms with Gasteiger partial charge in [-0.3, -0.25) is 9.52 Å². The lowest BCUT2D eigenvalue weighted by Crippen LogP contribution is -2.09. The molecule has 2 aromatic carbocycles. The van der Waals surface area contributed by atoms with E-state index in [9.17, 15) is 13.2 Å². The summed E-state index contributed by atoms with van der Waals surface area (Å²) >= 11 is 1.40. The number of ether oxygens (including phenoxy) is 1. The summed E-state index contributed by atoms with van der Waals surface area (Å²) < 4.78 is 31.7. The van der Waals surface area contributed by atoms with Gasteiger partial charge in [-0.1, -0.05) is 12.1 Å². The smallest absolute Gasteiger partial charge is 0.266 e. The minimum atomic E-state index is -3.35. The van der Waals surface area contributed by atoms with E-state index in [4.69, 9.17) is 4.74 Å². The molecular formula is C20H18N2O4S2. The molecule has 0 saturated heterocycles. The molecule has 2 aromatic heterocycles. The van der Waals surface area contributed by atoms with Crippen LogP contribution < -0.4 is 15.0 Å². The van der Waals surface area contributed by atoms with Crippen LogP contribution in [0.5, 0.6) is 5.75 Å². The molecule has 0 radical (unpaired) electrons. The largest absolute Gasteiger partial charge is 0.496 e. The standard InChI is InChI=1S/C20H18N2O4S2/c1-11-10-15(26-2)16(12-4-6-13(7-5-12)22-28(3,24)25)17-14-8-9-27-19(14)20(23)21-18(11)17/h4-10,22H,1-3H3,(H,21,23). The predicted molar refractivity (Wildman–Crippen MR) is 115 cm³/mol. The molecule has 0 aliphatic rings. The number of hydrogen-bond acceptors (Lipinski definition) is 5. The summed E-state index contributed by atoms with van der Waals surface area (Å²) in [5.41, 5.74) is 3.77. The van der Waals surface area contributed by atoms with Gasteiger partial charge in [-0.25, -0.2) is 8.42 Å². The molecule has 4 rings (SSSR count). The summed E-state index contributed by atoms with van der Waals surface area (Å²) in [5, 5.41) is 3.69. The minimum absolute atomic E-state index is 0.107. The van der Waals surface area contributed by atoms with Crippen molar-refractivity contribution in [3.63, 3.8) is 0 Å². The van der Waals surface area contributed by atoms with E-state index in [0.29, 0.717) is 16.1 Å². The van der Waals surface area contributed by atoms with E-state index < -0.39 is 10.0 Å². The molecule has 8 heteroatoms. The average Bonchev–Trinajstić information content (AvgIpc) is 3.12. The van der Waals surface area contributed by atoms with Crippen molar-refractivity contribution in [3.8, 4) is 16.9 Å². The van der Waals surface area contributed by atoms with Gasteiger partial charge < -0.3 is 9.72 Å². The topological polar surface area (TPSA) is 88.3 Å². The number of H-pyrrole nitrogens is 1. The molecule has 0 unspecified atom stereocenters. The van der Waals surface area contributed by atoms with Crippen molar-refractivity contribution in [2.24, 2.45) is 0 Å². The molecule has 4 aromatic rings. The van der Waals surface area contributed by atoms with Gasteiger partial charge in [0.2, 0.25) is 10.0 Å². The van der Waals surface area contributed by atoms with Crippen LogP contribution in [0.1, 0.15) is 5.56 Å². The number of hydrogen-bond donors (Lipinski definition) is 2. The summed E-state index contributed by atoms with van der Waals surface area (Å²) in [6.07, 6.45) is 1.11. The van der Waals surface area contributed by atoms with Gasteiger partial charge in [-0.15, -0.1) is 11.3 Å². The Kier molecular flexibility index (Phi) is 4.40.